The van der Waals surface area contributed by atoms with Crippen LogP contribution in [-0.4, -0.2) is 33.5 Å². The molecule has 0 bridgehead atoms. The predicted molar refractivity (Wildman–Crippen MR) is 88.9 cm³/mol. The lowest BCUT2D eigenvalue weighted by molar-refractivity contribution is -0.150. The highest BCUT2D eigenvalue weighted by atomic mass is 32.2. The maximum Gasteiger partial charge on any atom is 0.311 e. The van der Waals surface area contributed by atoms with Gasteiger partial charge in [0.1, 0.15) is 0 Å². The molecular formula is C17H23NO4S. The van der Waals surface area contributed by atoms with Crippen molar-refractivity contribution in [3.63, 3.8) is 0 Å². The van der Waals surface area contributed by atoms with Crippen LogP contribution in [0.15, 0.2) is 29.2 Å². The Morgan fingerprint density at radius 2 is 1.87 bits per heavy atom. The van der Waals surface area contributed by atoms with E-state index in [2.05, 4.69) is 5.32 Å². The monoisotopic (exact) mass is 337 g/mol. The van der Waals surface area contributed by atoms with Gasteiger partial charge in [-0.25, -0.2) is 0 Å². The van der Waals surface area contributed by atoms with E-state index in [4.69, 9.17) is 0 Å². The lowest BCUT2D eigenvalue weighted by Crippen LogP contribution is -2.44. The van der Waals surface area contributed by atoms with Crippen LogP contribution in [0.5, 0.6) is 0 Å². The number of rotatable bonds is 6. The normalized spacial score (nSPS) is 18.1. The van der Waals surface area contributed by atoms with Gasteiger partial charge < -0.3 is 10.4 Å². The summed E-state index contributed by atoms with van der Waals surface area (Å²) in [7, 11) is -1.23. The quantitative estimate of drug-likeness (QED) is 0.836. The molecule has 0 spiro atoms. The lowest BCUT2D eigenvalue weighted by Gasteiger charge is -2.33. The first-order valence-electron chi connectivity index (χ1n) is 7.99. The number of carboxylic acid groups (broad SMARTS) is 1. The van der Waals surface area contributed by atoms with Gasteiger partial charge in [0.25, 0.3) is 5.91 Å². The highest BCUT2D eigenvalue weighted by Gasteiger charge is 2.39. The second kappa shape index (κ2) is 7.73. The topological polar surface area (TPSA) is 83.5 Å². The van der Waals surface area contributed by atoms with Crippen molar-refractivity contribution in [1.82, 2.24) is 5.32 Å². The number of nitrogens with one attached hydrogen (secondary N) is 1. The zero-order valence-corrected chi connectivity index (χ0v) is 14.2. The molecule has 0 aliphatic heterocycles. The molecule has 1 fully saturated rings. The number of hydrogen-bond acceptors (Lipinski definition) is 3. The van der Waals surface area contributed by atoms with Crippen molar-refractivity contribution in [2.45, 2.75) is 43.9 Å². The van der Waals surface area contributed by atoms with E-state index in [9.17, 15) is 18.9 Å². The molecule has 1 aliphatic carbocycles. The molecule has 2 rings (SSSR count). The summed E-state index contributed by atoms with van der Waals surface area (Å²) in [5, 5.41) is 12.3. The molecule has 5 nitrogen and oxygen atoms in total. The van der Waals surface area contributed by atoms with Gasteiger partial charge in [-0.3, -0.25) is 13.8 Å². The average molecular weight is 337 g/mol. The first-order valence-corrected chi connectivity index (χ1v) is 9.31. The van der Waals surface area contributed by atoms with Crippen LogP contribution in [0.2, 0.25) is 0 Å². The Balaban J connectivity index is 2.13. The number of amides is 1. The van der Waals surface area contributed by atoms with Crippen LogP contribution in [0.3, 0.4) is 0 Å². The molecule has 0 heterocycles. The number of carbonyl (C=O) groups excluding carboxylic acids is 1. The van der Waals surface area contributed by atoms with E-state index in [0.29, 0.717) is 29.1 Å². The Morgan fingerprint density at radius 1 is 1.22 bits per heavy atom. The molecule has 0 radical (unpaired) electrons. The lowest BCUT2D eigenvalue weighted by atomic mass is 9.74. The van der Waals surface area contributed by atoms with Gasteiger partial charge in [-0.1, -0.05) is 38.3 Å². The third kappa shape index (κ3) is 3.99. The van der Waals surface area contributed by atoms with Crippen molar-refractivity contribution in [2.75, 3.05) is 12.3 Å². The van der Waals surface area contributed by atoms with Crippen LogP contribution in [0.1, 0.15) is 49.4 Å². The summed E-state index contributed by atoms with van der Waals surface area (Å²) < 4.78 is 12.1. The Kier molecular flexibility index (Phi) is 5.93. The van der Waals surface area contributed by atoms with Crippen molar-refractivity contribution in [2.24, 2.45) is 5.41 Å². The molecule has 1 aromatic carbocycles. The minimum absolute atomic E-state index is 0.119. The Bertz CT molecular complexity index is 608. The summed E-state index contributed by atoms with van der Waals surface area (Å²) in [5.41, 5.74) is -0.503. The summed E-state index contributed by atoms with van der Waals surface area (Å²) in [6.45, 7) is 1.92. The van der Waals surface area contributed by atoms with Gasteiger partial charge in [0.2, 0.25) is 0 Å². The van der Waals surface area contributed by atoms with Crippen LogP contribution in [0.25, 0.3) is 0 Å². The zero-order valence-electron chi connectivity index (χ0n) is 13.3. The third-order valence-corrected chi connectivity index (χ3v) is 5.86. The van der Waals surface area contributed by atoms with Crippen LogP contribution in [0.4, 0.5) is 0 Å². The highest BCUT2D eigenvalue weighted by Crippen LogP contribution is 2.36. The molecule has 6 heteroatoms. The van der Waals surface area contributed by atoms with Gasteiger partial charge in [0.15, 0.2) is 0 Å². The number of carboxylic acids is 1. The van der Waals surface area contributed by atoms with E-state index in [1.165, 1.54) is 0 Å². The maximum atomic E-state index is 12.5. The van der Waals surface area contributed by atoms with Crippen molar-refractivity contribution >= 4 is 22.7 Å². The second-order valence-corrected chi connectivity index (χ2v) is 7.67. The molecule has 23 heavy (non-hydrogen) atoms. The number of benzene rings is 1. The van der Waals surface area contributed by atoms with E-state index in [-0.39, 0.29) is 12.5 Å². The largest absolute Gasteiger partial charge is 0.481 e. The van der Waals surface area contributed by atoms with Crippen LogP contribution < -0.4 is 5.32 Å². The second-order valence-electron chi connectivity index (χ2n) is 5.96. The molecule has 0 aromatic heterocycles. The summed E-state index contributed by atoms with van der Waals surface area (Å²) in [5.74, 6) is -0.764. The first-order chi connectivity index (χ1) is 11.0. The molecule has 1 unspecified atom stereocenters. The molecule has 1 saturated carbocycles. The number of hydrogen-bond donors (Lipinski definition) is 2. The summed E-state index contributed by atoms with van der Waals surface area (Å²) in [6.07, 6.45) is 3.97. The fourth-order valence-electron chi connectivity index (χ4n) is 3.05. The van der Waals surface area contributed by atoms with Gasteiger partial charge in [-0.2, -0.15) is 0 Å². The standard InChI is InChI=1S/C17H23NO4S/c1-2-23(22)14-9-5-4-8-13(14)15(19)18-12-17(16(20)21)10-6-3-7-11-17/h4-5,8-9H,2-3,6-7,10-12H2,1H3,(H,18,19)(H,20,21). The van der Waals surface area contributed by atoms with E-state index < -0.39 is 22.2 Å². The van der Waals surface area contributed by atoms with Gasteiger partial charge in [0.05, 0.1) is 26.7 Å². The van der Waals surface area contributed by atoms with Crippen molar-refractivity contribution in [3.8, 4) is 0 Å². The van der Waals surface area contributed by atoms with Crippen LogP contribution in [0, 0.1) is 5.41 Å². The fraction of sp³-hybridized carbons (Fsp3) is 0.529. The molecule has 2 N–H and O–H groups in total. The fourth-order valence-corrected chi connectivity index (χ4v) is 4.00. The highest BCUT2D eigenvalue weighted by molar-refractivity contribution is 7.85. The Morgan fingerprint density at radius 3 is 2.48 bits per heavy atom. The van der Waals surface area contributed by atoms with E-state index in [1.54, 1.807) is 31.2 Å². The van der Waals surface area contributed by atoms with E-state index in [0.717, 1.165) is 19.3 Å². The van der Waals surface area contributed by atoms with Crippen molar-refractivity contribution < 1.29 is 18.9 Å². The molecule has 1 amide bonds. The van der Waals surface area contributed by atoms with E-state index in [1.807, 2.05) is 0 Å². The van der Waals surface area contributed by atoms with E-state index >= 15 is 0 Å². The first kappa shape index (κ1) is 17.7. The molecule has 1 atom stereocenters. The van der Waals surface area contributed by atoms with Gasteiger partial charge >= 0.3 is 5.97 Å². The SMILES string of the molecule is CCS(=O)c1ccccc1C(=O)NCC1(C(=O)O)CCCCC1. The minimum atomic E-state index is -1.23. The minimum Gasteiger partial charge on any atom is -0.481 e. The third-order valence-electron chi connectivity index (χ3n) is 4.49. The van der Waals surface area contributed by atoms with Gasteiger partial charge in [-0.05, 0) is 25.0 Å². The van der Waals surface area contributed by atoms with Gasteiger partial charge in [-0.15, -0.1) is 0 Å². The van der Waals surface area contributed by atoms with Crippen molar-refractivity contribution in [1.29, 1.82) is 0 Å². The Labute approximate surface area is 138 Å². The number of aliphatic carboxylic acids is 1. The average Bonchev–Trinajstić information content (AvgIpc) is 2.59. The summed E-state index contributed by atoms with van der Waals surface area (Å²) in [6, 6.07) is 6.78. The molecular weight excluding hydrogens is 314 g/mol. The van der Waals surface area contributed by atoms with Crippen LogP contribution in [-0.2, 0) is 15.6 Å². The summed E-state index contributed by atoms with van der Waals surface area (Å²) in [4.78, 5) is 24.6. The molecule has 0 saturated heterocycles. The molecule has 1 aliphatic rings. The van der Waals surface area contributed by atoms with Crippen LogP contribution >= 0.6 is 0 Å². The summed E-state index contributed by atoms with van der Waals surface area (Å²) >= 11 is 0. The Hall–Kier alpha value is -1.69. The maximum absolute atomic E-state index is 12.5. The van der Waals surface area contributed by atoms with Crippen molar-refractivity contribution in [3.05, 3.63) is 29.8 Å². The number of carbonyl (C=O) groups is 2. The smallest absolute Gasteiger partial charge is 0.311 e. The van der Waals surface area contributed by atoms with Gasteiger partial charge in [0, 0.05) is 12.3 Å². The zero-order chi connectivity index (χ0) is 16.9. The molecule has 1 aromatic rings. The molecule has 126 valence electrons. The predicted octanol–water partition coefficient (Wildman–Crippen LogP) is 2.58.